The summed E-state index contributed by atoms with van der Waals surface area (Å²) in [4.78, 5) is 28.3. The maximum atomic E-state index is 12.4. The molecule has 8 heteroatoms. The van der Waals surface area contributed by atoms with E-state index < -0.39 is 18.5 Å². The van der Waals surface area contributed by atoms with Crippen molar-refractivity contribution >= 4 is 45.1 Å². The highest BCUT2D eigenvalue weighted by atomic mass is 79.9. The number of pyridine rings is 1. The summed E-state index contributed by atoms with van der Waals surface area (Å²) in [6.07, 6.45) is 1.50. The number of amides is 1. The predicted octanol–water partition coefficient (Wildman–Crippen LogP) is 4.87. The van der Waals surface area contributed by atoms with Gasteiger partial charge in [0, 0.05) is 16.2 Å². The second-order valence-corrected chi connectivity index (χ2v) is 7.05. The van der Waals surface area contributed by atoms with E-state index in [1.165, 1.54) is 6.20 Å². The Bertz CT molecular complexity index is 1030. The van der Waals surface area contributed by atoms with Crippen LogP contribution in [0, 0.1) is 0 Å². The Morgan fingerprint density at radius 1 is 1.03 bits per heavy atom. The summed E-state index contributed by atoms with van der Waals surface area (Å²) in [7, 11) is 0. The molecule has 0 spiro atoms. The molecule has 1 heterocycles. The van der Waals surface area contributed by atoms with Crippen LogP contribution in [-0.4, -0.2) is 23.5 Å². The Balaban J connectivity index is 1.60. The van der Waals surface area contributed by atoms with Gasteiger partial charge in [0.15, 0.2) is 11.8 Å². The van der Waals surface area contributed by atoms with Crippen LogP contribution in [0.2, 0.25) is 5.15 Å². The van der Waals surface area contributed by atoms with Gasteiger partial charge in [0.1, 0.15) is 17.9 Å². The van der Waals surface area contributed by atoms with Crippen molar-refractivity contribution in [1.82, 2.24) is 4.98 Å². The maximum absolute atomic E-state index is 12.4. The number of hydrogen-bond donors (Lipinski definition) is 1. The molecule has 148 valence electrons. The number of benzene rings is 2. The Morgan fingerprint density at radius 2 is 1.79 bits per heavy atom. The molecular formula is C21H16BrClN2O4. The number of anilines is 1. The number of nitrogens with zero attached hydrogens (tertiary/aromatic N) is 1. The number of carbonyl (C=O) groups excluding carboxylic acids is 2. The third-order valence-corrected chi connectivity index (χ3v) is 4.89. The summed E-state index contributed by atoms with van der Waals surface area (Å²) in [6, 6.07) is 17.5. The van der Waals surface area contributed by atoms with E-state index in [0.717, 1.165) is 10.0 Å². The van der Waals surface area contributed by atoms with Crippen molar-refractivity contribution in [2.24, 2.45) is 0 Å². The molecular weight excluding hydrogens is 460 g/mol. The topological polar surface area (TPSA) is 77.5 Å². The normalized spacial score (nSPS) is 10.3. The number of nitrogens with one attached hydrogen (secondary N) is 1. The average Bonchev–Trinajstić information content (AvgIpc) is 2.73. The number of aromatic nitrogens is 1. The standard InChI is InChI=1S/C21H16BrClN2O4/c22-16-8-3-1-6-14(16)12-28-18-10-4-2-7-15(18)21(27)29-13-19(26)25-17-9-5-11-24-20(17)23/h1-11H,12-13H2,(H,25,26). The Kier molecular flexibility index (Phi) is 7.21. The summed E-state index contributed by atoms with van der Waals surface area (Å²) in [5, 5.41) is 2.69. The lowest BCUT2D eigenvalue weighted by Crippen LogP contribution is -2.21. The molecule has 3 aromatic rings. The second-order valence-electron chi connectivity index (χ2n) is 5.84. The summed E-state index contributed by atoms with van der Waals surface area (Å²) < 4.78 is 11.8. The molecule has 0 unspecified atom stereocenters. The van der Waals surface area contributed by atoms with Crippen molar-refractivity contribution in [3.8, 4) is 5.75 Å². The van der Waals surface area contributed by atoms with Crippen LogP contribution in [0.15, 0.2) is 71.3 Å². The predicted molar refractivity (Wildman–Crippen MR) is 113 cm³/mol. The van der Waals surface area contributed by atoms with E-state index in [0.29, 0.717) is 11.4 Å². The van der Waals surface area contributed by atoms with Crippen molar-refractivity contribution in [3.05, 3.63) is 87.6 Å². The fourth-order valence-corrected chi connectivity index (χ4v) is 2.97. The van der Waals surface area contributed by atoms with E-state index in [1.54, 1.807) is 36.4 Å². The Labute approximate surface area is 180 Å². The summed E-state index contributed by atoms with van der Waals surface area (Å²) >= 11 is 9.35. The molecule has 2 aromatic carbocycles. The number of carbonyl (C=O) groups is 2. The van der Waals surface area contributed by atoms with E-state index in [9.17, 15) is 9.59 Å². The Hall–Kier alpha value is -2.90. The third-order valence-electron chi connectivity index (χ3n) is 3.82. The van der Waals surface area contributed by atoms with Gasteiger partial charge in [-0.05, 0) is 30.3 Å². The number of rotatable bonds is 7. The van der Waals surface area contributed by atoms with E-state index >= 15 is 0 Å². The van der Waals surface area contributed by atoms with Crippen LogP contribution in [-0.2, 0) is 16.1 Å². The van der Waals surface area contributed by atoms with Gasteiger partial charge in [-0.25, -0.2) is 9.78 Å². The van der Waals surface area contributed by atoms with Crippen LogP contribution in [0.3, 0.4) is 0 Å². The van der Waals surface area contributed by atoms with Gasteiger partial charge in [-0.15, -0.1) is 0 Å². The first-order chi connectivity index (χ1) is 14.0. The number of esters is 1. The molecule has 0 atom stereocenters. The van der Waals surface area contributed by atoms with Gasteiger partial charge in [-0.1, -0.05) is 57.9 Å². The highest BCUT2D eigenvalue weighted by Gasteiger charge is 2.16. The number of para-hydroxylation sites is 1. The lowest BCUT2D eigenvalue weighted by atomic mass is 10.2. The van der Waals surface area contributed by atoms with E-state index in [-0.39, 0.29) is 17.3 Å². The molecule has 3 rings (SSSR count). The minimum Gasteiger partial charge on any atom is -0.488 e. The molecule has 1 aromatic heterocycles. The fraction of sp³-hybridized carbons (Fsp3) is 0.0952. The number of hydrogen-bond acceptors (Lipinski definition) is 5. The monoisotopic (exact) mass is 474 g/mol. The molecule has 0 aliphatic heterocycles. The van der Waals surface area contributed by atoms with Crippen molar-refractivity contribution in [1.29, 1.82) is 0 Å². The van der Waals surface area contributed by atoms with Crippen molar-refractivity contribution in [3.63, 3.8) is 0 Å². The quantitative estimate of drug-likeness (QED) is 0.390. The van der Waals surface area contributed by atoms with E-state index in [2.05, 4.69) is 26.2 Å². The molecule has 0 saturated heterocycles. The summed E-state index contributed by atoms with van der Waals surface area (Å²) in [6.45, 7) is -0.200. The minimum absolute atomic E-state index is 0.151. The zero-order chi connectivity index (χ0) is 20.6. The molecule has 1 amide bonds. The summed E-state index contributed by atoms with van der Waals surface area (Å²) in [5.74, 6) is -0.830. The first-order valence-corrected chi connectivity index (χ1v) is 9.74. The van der Waals surface area contributed by atoms with Gasteiger partial charge in [0.05, 0.1) is 5.69 Å². The van der Waals surface area contributed by atoms with E-state index in [1.807, 2.05) is 24.3 Å². The van der Waals surface area contributed by atoms with Gasteiger partial charge < -0.3 is 14.8 Å². The highest BCUT2D eigenvalue weighted by Crippen LogP contribution is 2.23. The van der Waals surface area contributed by atoms with Gasteiger partial charge in [0.25, 0.3) is 5.91 Å². The largest absolute Gasteiger partial charge is 0.488 e. The number of ether oxygens (including phenoxy) is 2. The molecule has 0 bridgehead atoms. The minimum atomic E-state index is -0.667. The summed E-state index contributed by atoms with van der Waals surface area (Å²) in [5.41, 5.74) is 1.50. The van der Waals surface area contributed by atoms with Crippen LogP contribution in [0.25, 0.3) is 0 Å². The molecule has 1 N–H and O–H groups in total. The SMILES string of the molecule is O=C(COC(=O)c1ccccc1OCc1ccccc1Br)Nc1cccnc1Cl. The van der Waals surface area contributed by atoms with Crippen molar-refractivity contribution in [2.75, 3.05) is 11.9 Å². The zero-order valence-corrected chi connectivity index (χ0v) is 17.4. The molecule has 0 fully saturated rings. The van der Waals surface area contributed by atoms with Crippen molar-refractivity contribution < 1.29 is 19.1 Å². The van der Waals surface area contributed by atoms with Gasteiger partial charge in [-0.2, -0.15) is 0 Å². The van der Waals surface area contributed by atoms with Crippen molar-refractivity contribution in [2.45, 2.75) is 6.61 Å². The molecule has 0 aliphatic carbocycles. The lowest BCUT2D eigenvalue weighted by Gasteiger charge is -2.12. The van der Waals surface area contributed by atoms with Crippen LogP contribution >= 0.6 is 27.5 Å². The van der Waals surface area contributed by atoms with Gasteiger partial charge >= 0.3 is 5.97 Å². The van der Waals surface area contributed by atoms with Crippen LogP contribution in [0.4, 0.5) is 5.69 Å². The molecule has 0 saturated carbocycles. The maximum Gasteiger partial charge on any atom is 0.342 e. The Morgan fingerprint density at radius 3 is 2.59 bits per heavy atom. The first kappa shape index (κ1) is 20.8. The lowest BCUT2D eigenvalue weighted by molar-refractivity contribution is -0.119. The first-order valence-electron chi connectivity index (χ1n) is 8.57. The molecule has 29 heavy (non-hydrogen) atoms. The van der Waals surface area contributed by atoms with Crippen LogP contribution in [0.1, 0.15) is 15.9 Å². The third kappa shape index (κ3) is 5.79. The highest BCUT2D eigenvalue weighted by molar-refractivity contribution is 9.10. The zero-order valence-electron chi connectivity index (χ0n) is 15.1. The van der Waals surface area contributed by atoms with Crippen LogP contribution in [0.5, 0.6) is 5.75 Å². The second kappa shape index (κ2) is 10.0. The van der Waals surface area contributed by atoms with Gasteiger partial charge in [-0.3, -0.25) is 4.79 Å². The van der Waals surface area contributed by atoms with E-state index in [4.69, 9.17) is 21.1 Å². The number of halogens is 2. The molecule has 6 nitrogen and oxygen atoms in total. The van der Waals surface area contributed by atoms with Gasteiger partial charge in [0.2, 0.25) is 0 Å². The fourth-order valence-electron chi connectivity index (χ4n) is 2.41. The molecule has 0 radical (unpaired) electrons. The average molecular weight is 476 g/mol. The van der Waals surface area contributed by atoms with Crippen LogP contribution < -0.4 is 10.1 Å². The smallest absolute Gasteiger partial charge is 0.342 e. The molecule has 0 aliphatic rings.